The van der Waals surface area contributed by atoms with Gasteiger partial charge in [0.2, 0.25) is 5.88 Å². The fourth-order valence-corrected chi connectivity index (χ4v) is 6.36. The highest BCUT2D eigenvalue weighted by Gasteiger charge is 2.35. The molecule has 6 nitrogen and oxygen atoms in total. The van der Waals surface area contributed by atoms with E-state index < -0.39 is 10.0 Å². The zero-order valence-corrected chi connectivity index (χ0v) is 23.6. The van der Waals surface area contributed by atoms with Crippen molar-refractivity contribution in [3.05, 3.63) is 130 Å². The summed E-state index contributed by atoms with van der Waals surface area (Å²) < 4.78 is 41.2. The Morgan fingerprint density at radius 1 is 1.00 bits per heavy atom. The Balaban J connectivity index is 1.67. The van der Waals surface area contributed by atoms with Crippen LogP contribution in [0.5, 0.6) is 5.75 Å². The van der Waals surface area contributed by atoms with Gasteiger partial charge in [-0.1, -0.05) is 67.1 Å². The summed E-state index contributed by atoms with van der Waals surface area (Å²) in [7, 11) is -2.39. The van der Waals surface area contributed by atoms with Gasteiger partial charge in [0.15, 0.2) is 0 Å². The predicted molar refractivity (Wildman–Crippen MR) is 155 cm³/mol. The lowest BCUT2D eigenvalue weighted by Crippen LogP contribution is -2.33. The lowest BCUT2D eigenvalue weighted by atomic mass is 9.81. The largest absolute Gasteiger partial charge is 0.497 e. The highest BCUT2D eigenvalue weighted by molar-refractivity contribution is 7.89. The molecule has 1 atom stereocenters. The van der Waals surface area contributed by atoms with Crippen LogP contribution in [0.2, 0.25) is 0 Å². The first-order valence-electron chi connectivity index (χ1n) is 13.1. The van der Waals surface area contributed by atoms with Crippen LogP contribution in [0.3, 0.4) is 0 Å². The van der Waals surface area contributed by atoms with Gasteiger partial charge in [-0.05, 0) is 66.3 Å². The molecule has 1 unspecified atom stereocenters. The van der Waals surface area contributed by atoms with E-state index >= 15 is 0 Å². The van der Waals surface area contributed by atoms with Gasteiger partial charge in [-0.25, -0.2) is 17.5 Å². The summed E-state index contributed by atoms with van der Waals surface area (Å²) in [5.41, 5.74) is 4.56. The maximum atomic E-state index is 14.1. The van der Waals surface area contributed by atoms with Crippen molar-refractivity contribution in [3.8, 4) is 5.75 Å². The molecule has 0 radical (unpaired) electrons. The van der Waals surface area contributed by atoms with E-state index in [1.807, 2.05) is 74.5 Å². The molecule has 0 fully saturated rings. The Kier molecular flexibility index (Phi) is 7.78. The summed E-state index contributed by atoms with van der Waals surface area (Å²) in [4.78, 5) is 12.2. The van der Waals surface area contributed by atoms with Gasteiger partial charge in [0, 0.05) is 23.6 Å². The van der Waals surface area contributed by atoms with Crippen molar-refractivity contribution in [2.24, 2.45) is 5.92 Å². The minimum atomic E-state index is -4.00. The number of benzene rings is 3. The second kappa shape index (κ2) is 11.4. The van der Waals surface area contributed by atoms with Crippen molar-refractivity contribution in [1.82, 2.24) is 4.31 Å². The molecule has 0 spiro atoms. The summed E-state index contributed by atoms with van der Waals surface area (Å²) in [6.45, 7) is 4.03. The Labute approximate surface area is 235 Å². The fourth-order valence-electron chi connectivity index (χ4n) is 4.98. The van der Waals surface area contributed by atoms with Crippen LogP contribution < -0.4 is 4.74 Å². The molecule has 3 aromatic carbocycles. The molecule has 0 saturated carbocycles. The van der Waals surface area contributed by atoms with Crippen molar-refractivity contribution in [1.29, 1.82) is 0 Å². The van der Waals surface area contributed by atoms with Crippen LogP contribution in [0.15, 0.2) is 118 Å². The molecule has 5 rings (SSSR count). The molecule has 0 N–H and O–H groups in total. The van der Waals surface area contributed by atoms with Crippen molar-refractivity contribution < 1.29 is 22.7 Å². The van der Waals surface area contributed by atoms with E-state index in [4.69, 9.17) is 9.47 Å². The Bertz CT molecular complexity index is 1640. The highest BCUT2D eigenvalue weighted by Crippen LogP contribution is 2.43. The van der Waals surface area contributed by atoms with Gasteiger partial charge in [-0.3, -0.25) is 0 Å². The molecule has 0 saturated heterocycles. The number of carbonyl (C=O) groups excluding carboxylic acids is 1. The molecule has 7 heteroatoms. The Hall–Kier alpha value is -4.32. The monoisotopic (exact) mass is 553 g/mol. The summed E-state index contributed by atoms with van der Waals surface area (Å²) in [5, 5.41) is 0. The zero-order valence-electron chi connectivity index (χ0n) is 22.8. The number of methoxy groups -OCH3 is 1. The molecule has 1 heterocycles. The Morgan fingerprint density at radius 2 is 1.70 bits per heavy atom. The molecule has 1 aliphatic carbocycles. The first-order valence-corrected chi connectivity index (χ1v) is 14.6. The van der Waals surface area contributed by atoms with E-state index in [0.29, 0.717) is 35.3 Å². The summed E-state index contributed by atoms with van der Waals surface area (Å²) in [6.07, 6.45) is 4.79. The number of ether oxygens (including phenoxy) is 2. The molecule has 40 heavy (non-hydrogen) atoms. The topological polar surface area (TPSA) is 72.9 Å². The van der Waals surface area contributed by atoms with E-state index in [2.05, 4.69) is 5.94 Å². The molecule has 2 aliphatic rings. The van der Waals surface area contributed by atoms with E-state index in [0.717, 1.165) is 22.4 Å². The summed E-state index contributed by atoms with van der Waals surface area (Å²) in [5.74, 6) is 3.75. The van der Waals surface area contributed by atoms with Crippen LogP contribution in [-0.4, -0.2) is 25.8 Å². The highest BCUT2D eigenvalue weighted by atomic mass is 32.2. The second-order valence-corrected chi connectivity index (χ2v) is 12.0. The van der Waals surface area contributed by atoms with Crippen molar-refractivity contribution in [2.45, 2.75) is 38.1 Å². The van der Waals surface area contributed by atoms with E-state index in [1.54, 1.807) is 37.5 Å². The average Bonchev–Trinajstić information content (AvgIpc) is 2.96. The molecule has 0 amide bonds. The zero-order chi connectivity index (χ0) is 28.3. The minimum absolute atomic E-state index is 0.0766. The minimum Gasteiger partial charge on any atom is -0.497 e. The van der Waals surface area contributed by atoms with Crippen LogP contribution in [0, 0.1) is 12.8 Å². The van der Waals surface area contributed by atoms with E-state index in [1.165, 1.54) is 4.31 Å². The molecule has 0 bridgehead atoms. The number of hydrogen-bond donors (Lipinski definition) is 0. The summed E-state index contributed by atoms with van der Waals surface area (Å²) in [6, 6.07) is 23.7. The lowest BCUT2D eigenvalue weighted by molar-refractivity contribution is 0.190. The SMILES string of the molecule is COc1ccc(C=C2C=C(N(Cc3ccccc3)S(=O)(=O)c3ccc(C)cc3)OC3=C2C(=C=O)CC(C)C3)cc1. The lowest BCUT2D eigenvalue weighted by Gasteiger charge is -2.34. The number of nitrogens with zero attached hydrogens (tertiary/aromatic N) is 1. The summed E-state index contributed by atoms with van der Waals surface area (Å²) >= 11 is 0. The fraction of sp³-hybridized carbons (Fsp3) is 0.212. The number of allylic oxidation sites excluding steroid dienone is 5. The first kappa shape index (κ1) is 27.3. The van der Waals surface area contributed by atoms with Gasteiger partial charge in [-0.15, -0.1) is 0 Å². The third-order valence-corrected chi connectivity index (χ3v) is 8.80. The van der Waals surface area contributed by atoms with Gasteiger partial charge < -0.3 is 9.47 Å². The number of sulfonamides is 1. The van der Waals surface area contributed by atoms with Gasteiger partial charge in [0.25, 0.3) is 10.0 Å². The van der Waals surface area contributed by atoms with Crippen LogP contribution in [-0.2, 0) is 26.1 Å². The van der Waals surface area contributed by atoms with Gasteiger partial charge in [-0.2, -0.15) is 0 Å². The Morgan fingerprint density at radius 3 is 2.35 bits per heavy atom. The average molecular weight is 554 g/mol. The van der Waals surface area contributed by atoms with Crippen LogP contribution in [0.4, 0.5) is 0 Å². The van der Waals surface area contributed by atoms with Crippen LogP contribution >= 0.6 is 0 Å². The number of aryl methyl sites for hydroxylation is 1. The van der Waals surface area contributed by atoms with Crippen molar-refractivity contribution >= 4 is 22.0 Å². The third-order valence-electron chi connectivity index (χ3n) is 7.05. The number of rotatable bonds is 7. The molecule has 1 aliphatic heterocycles. The van der Waals surface area contributed by atoms with E-state index in [9.17, 15) is 13.2 Å². The quantitative estimate of drug-likeness (QED) is 0.309. The van der Waals surface area contributed by atoms with Crippen molar-refractivity contribution in [3.63, 3.8) is 0 Å². The second-order valence-electron chi connectivity index (χ2n) is 10.2. The normalized spacial score (nSPS) is 18.0. The molecule has 3 aromatic rings. The third kappa shape index (κ3) is 5.67. The smallest absolute Gasteiger partial charge is 0.266 e. The van der Waals surface area contributed by atoms with Gasteiger partial charge in [0.1, 0.15) is 17.5 Å². The van der Waals surface area contributed by atoms with Crippen molar-refractivity contribution in [2.75, 3.05) is 7.11 Å². The predicted octanol–water partition coefficient (Wildman–Crippen LogP) is 6.59. The maximum absolute atomic E-state index is 14.1. The number of hydrogen-bond acceptors (Lipinski definition) is 5. The standard InChI is InChI=1S/C33H31NO5S/c1-23-9-15-30(16-10-23)40(36,37)34(21-26-7-5-4-6-8-26)32-20-27(19-25-11-13-29(38-3)14-12-25)33-28(22-35)17-24(2)18-31(33)39-32/h4-16,19-20,24H,17-18,21H2,1-3H3. The first-order chi connectivity index (χ1) is 19.3. The molecular formula is C33H31NO5S. The molecular weight excluding hydrogens is 522 g/mol. The van der Waals surface area contributed by atoms with Crippen LogP contribution in [0.25, 0.3) is 6.08 Å². The maximum Gasteiger partial charge on any atom is 0.266 e. The molecule has 204 valence electrons. The van der Waals surface area contributed by atoms with Gasteiger partial charge in [0.05, 0.1) is 18.6 Å². The van der Waals surface area contributed by atoms with Gasteiger partial charge >= 0.3 is 0 Å². The van der Waals surface area contributed by atoms with E-state index in [-0.39, 0.29) is 23.2 Å². The molecule has 0 aromatic heterocycles. The van der Waals surface area contributed by atoms with Crippen LogP contribution in [0.1, 0.15) is 36.5 Å².